The van der Waals surface area contributed by atoms with Crippen molar-refractivity contribution >= 4 is 15.7 Å². The van der Waals surface area contributed by atoms with Crippen LogP contribution in [-0.4, -0.2) is 14.8 Å². The van der Waals surface area contributed by atoms with Crippen LogP contribution in [0.15, 0.2) is 41.3 Å². The van der Waals surface area contributed by atoms with E-state index in [9.17, 15) is 26.0 Å². The molecule has 0 radical (unpaired) electrons. The van der Waals surface area contributed by atoms with Crippen LogP contribution in [0.4, 0.5) is 23.2 Å². The molecular formula is C18H19F4NO3S. The van der Waals surface area contributed by atoms with Crippen molar-refractivity contribution in [2.24, 2.45) is 0 Å². The minimum absolute atomic E-state index is 0.308. The highest BCUT2D eigenvalue weighted by Crippen LogP contribution is 2.34. The van der Waals surface area contributed by atoms with E-state index in [4.69, 9.17) is 0 Å². The van der Waals surface area contributed by atoms with Crippen LogP contribution in [0.25, 0.3) is 0 Å². The summed E-state index contributed by atoms with van der Waals surface area (Å²) in [7, 11) is -4.53. The fourth-order valence-corrected chi connectivity index (χ4v) is 3.94. The van der Waals surface area contributed by atoms with Crippen LogP contribution < -0.4 is 9.46 Å². The largest absolute Gasteiger partial charge is 0.573 e. The molecule has 0 aliphatic carbocycles. The summed E-state index contributed by atoms with van der Waals surface area (Å²) in [6, 6.07) is 7.02. The van der Waals surface area contributed by atoms with Gasteiger partial charge in [0, 0.05) is 0 Å². The van der Waals surface area contributed by atoms with Gasteiger partial charge in [-0.3, -0.25) is 4.72 Å². The van der Waals surface area contributed by atoms with Gasteiger partial charge in [0.15, 0.2) is 5.82 Å². The molecule has 2 rings (SSSR count). The predicted octanol–water partition coefficient (Wildman–Crippen LogP) is 5.13. The van der Waals surface area contributed by atoms with Gasteiger partial charge in [0.05, 0.1) is 5.69 Å². The van der Waals surface area contributed by atoms with Crippen LogP contribution in [0.3, 0.4) is 0 Å². The van der Waals surface area contributed by atoms with Gasteiger partial charge in [0.1, 0.15) is 10.6 Å². The van der Waals surface area contributed by atoms with E-state index in [1.807, 2.05) is 4.72 Å². The van der Waals surface area contributed by atoms with Gasteiger partial charge in [0.2, 0.25) is 0 Å². The SMILES string of the molecule is Cc1ccc(NS(=O)(=O)c2ccccc2OC(F)(F)F)c(F)c1C(C)(C)C. The highest BCUT2D eigenvalue weighted by molar-refractivity contribution is 7.92. The van der Waals surface area contributed by atoms with E-state index in [1.165, 1.54) is 18.2 Å². The fraction of sp³-hybridized carbons (Fsp3) is 0.333. The monoisotopic (exact) mass is 405 g/mol. The maximum absolute atomic E-state index is 14.9. The van der Waals surface area contributed by atoms with Crippen molar-refractivity contribution in [2.75, 3.05) is 4.72 Å². The number of nitrogens with one attached hydrogen (secondary N) is 1. The Bertz CT molecular complexity index is 948. The molecule has 0 spiro atoms. The van der Waals surface area contributed by atoms with Gasteiger partial charge in [-0.2, -0.15) is 0 Å². The number of sulfonamides is 1. The smallest absolute Gasteiger partial charge is 0.404 e. The first-order valence-corrected chi connectivity index (χ1v) is 9.38. The zero-order valence-electron chi connectivity index (χ0n) is 15.1. The molecule has 148 valence electrons. The number of hydrogen-bond acceptors (Lipinski definition) is 3. The Labute approximate surface area is 155 Å². The Morgan fingerprint density at radius 2 is 1.59 bits per heavy atom. The van der Waals surface area contributed by atoms with E-state index in [-0.39, 0.29) is 5.69 Å². The van der Waals surface area contributed by atoms with Crippen molar-refractivity contribution in [1.82, 2.24) is 0 Å². The summed E-state index contributed by atoms with van der Waals surface area (Å²) < 4.78 is 83.5. The second kappa shape index (κ2) is 7.03. The number of anilines is 1. The minimum Gasteiger partial charge on any atom is -0.404 e. The molecule has 9 heteroatoms. The van der Waals surface area contributed by atoms with Crippen molar-refractivity contribution in [1.29, 1.82) is 0 Å². The molecule has 2 aromatic carbocycles. The van der Waals surface area contributed by atoms with Crippen molar-refractivity contribution in [3.8, 4) is 5.75 Å². The van der Waals surface area contributed by atoms with Gasteiger partial charge >= 0.3 is 6.36 Å². The molecular weight excluding hydrogens is 386 g/mol. The van der Waals surface area contributed by atoms with E-state index < -0.39 is 38.3 Å². The van der Waals surface area contributed by atoms with Crippen molar-refractivity contribution in [3.63, 3.8) is 0 Å². The Balaban J connectivity index is 2.50. The Hall–Kier alpha value is -2.29. The Morgan fingerprint density at radius 3 is 2.15 bits per heavy atom. The molecule has 0 heterocycles. The number of aryl methyl sites for hydroxylation is 1. The maximum Gasteiger partial charge on any atom is 0.573 e. The molecule has 4 nitrogen and oxygen atoms in total. The predicted molar refractivity (Wildman–Crippen MR) is 93.8 cm³/mol. The number of benzene rings is 2. The zero-order valence-corrected chi connectivity index (χ0v) is 15.9. The molecule has 0 unspecified atom stereocenters. The number of ether oxygens (including phenoxy) is 1. The molecule has 27 heavy (non-hydrogen) atoms. The van der Waals surface area contributed by atoms with Gasteiger partial charge in [-0.05, 0) is 41.7 Å². The quantitative estimate of drug-likeness (QED) is 0.718. The summed E-state index contributed by atoms with van der Waals surface area (Å²) in [6.07, 6.45) is -5.07. The van der Waals surface area contributed by atoms with Crippen molar-refractivity contribution < 1.29 is 30.7 Å². The summed E-state index contributed by atoms with van der Waals surface area (Å²) in [6.45, 7) is 6.99. The fourth-order valence-electron chi connectivity index (χ4n) is 2.75. The Kier molecular flexibility index (Phi) is 5.47. The second-order valence-corrected chi connectivity index (χ2v) is 8.62. The third-order valence-corrected chi connectivity index (χ3v) is 5.11. The van der Waals surface area contributed by atoms with Crippen molar-refractivity contribution in [3.05, 3.63) is 53.3 Å². The van der Waals surface area contributed by atoms with Gasteiger partial charge < -0.3 is 4.74 Å². The lowest BCUT2D eigenvalue weighted by atomic mass is 9.83. The number of halogens is 4. The van der Waals surface area contributed by atoms with E-state index >= 15 is 0 Å². The lowest BCUT2D eigenvalue weighted by Crippen LogP contribution is -2.22. The first kappa shape index (κ1) is 21.0. The molecule has 0 aliphatic heterocycles. The third-order valence-electron chi connectivity index (χ3n) is 3.71. The highest BCUT2D eigenvalue weighted by atomic mass is 32.2. The van der Waals surface area contributed by atoms with Crippen LogP contribution in [0.5, 0.6) is 5.75 Å². The van der Waals surface area contributed by atoms with Gasteiger partial charge in [0.25, 0.3) is 10.0 Å². The third kappa shape index (κ3) is 4.91. The highest BCUT2D eigenvalue weighted by Gasteiger charge is 2.34. The first-order chi connectivity index (χ1) is 12.2. The Morgan fingerprint density at radius 1 is 1.00 bits per heavy atom. The standard InChI is InChI=1S/C18H19F4NO3S/c1-11-9-10-12(16(19)15(11)17(2,3)4)23-27(24,25)14-8-6-5-7-13(14)26-18(20,21)22/h5-10,23H,1-4H3. The molecule has 0 atom stereocenters. The number of hydrogen-bond donors (Lipinski definition) is 1. The lowest BCUT2D eigenvalue weighted by molar-refractivity contribution is -0.275. The summed E-state index contributed by atoms with van der Waals surface area (Å²) in [5.74, 6) is -1.68. The number of para-hydroxylation sites is 1. The van der Waals surface area contributed by atoms with Crippen LogP contribution in [0.1, 0.15) is 31.9 Å². The molecule has 0 aromatic heterocycles. The van der Waals surface area contributed by atoms with E-state index in [2.05, 4.69) is 4.74 Å². The normalized spacial score (nSPS) is 12.7. The van der Waals surface area contributed by atoms with Crippen molar-refractivity contribution in [2.45, 2.75) is 44.4 Å². The summed E-state index contributed by atoms with van der Waals surface area (Å²) in [5.41, 5.74) is -0.0222. The summed E-state index contributed by atoms with van der Waals surface area (Å²) >= 11 is 0. The van der Waals surface area contributed by atoms with E-state index in [0.29, 0.717) is 11.1 Å². The minimum atomic E-state index is -5.07. The second-order valence-electron chi connectivity index (χ2n) is 6.97. The first-order valence-electron chi connectivity index (χ1n) is 7.89. The molecule has 0 amide bonds. The summed E-state index contributed by atoms with van der Waals surface area (Å²) in [5, 5.41) is 0. The molecule has 2 aromatic rings. The molecule has 0 aliphatic rings. The van der Waals surface area contributed by atoms with Crippen LogP contribution in [0, 0.1) is 12.7 Å². The zero-order chi connectivity index (χ0) is 20.6. The average Bonchev–Trinajstić information content (AvgIpc) is 2.47. The number of rotatable bonds is 4. The lowest BCUT2D eigenvalue weighted by Gasteiger charge is -2.24. The molecule has 0 saturated heterocycles. The van der Waals surface area contributed by atoms with Gasteiger partial charge in [-0.1, -0.05) is 39.0 Å². The van der Waals surface area contributed by atoms with Crippen LogP contribution in [0.2, 0.25) is 0 Å². The summed E-state index contributed by atoms with van der Waals surface area (Å²) in [4.78, 5) is -0.750. The molecule has 0 bridgehead atoms. The maximum atomic E-state index is 14.9. The van der Waals surface area contributed by atoms with E-state index in [1.54, 1.807) is 33.8 Å². The van der Waals surface area contributed by atoms with E-state index in [0.717, 1.165) is 12.1 Å². The molecule has 0 saturated carbocycles. The van der Waals surface area contributed by atoms with Gasteiger partial charge in [-0.25, -0.2) is 12.8 Å². The van der Waals surface area contributed by atoms with Crippen LogP contribution in [-0.2, 0) is 15.4 Å². The average molecular weight is 405 g/mol. The van der Waals surface area contributed by atoms with Gasteiger partial charge in [-0.15, -0.1) is 13.2 Å². The molecule has 1 N–H and O–H groups in total. The van der Waals surface area contributed by atoms with Crippen LogP contribution >= 0.6 is 0 Å². The number of alkyl halides is 3. The topological polar surface area (TPSA) is 55.4 Å². The molecule has 0 fully saturated rings.